The van der Waals surface area contributed by atoms with Crippen molar-refractivity contribution in [3.8, 4) is 11.4 Å². The molecular weight excluding hydrogens is 308 g/mol. The number of benzene rings is 1. The van der Waals surface area contributed by atoms with E-state index in [1.807, 2.05) is 31.2 Å². The van der Waals surface area contributed by atoms with Crippen LogP contribution in [0.4, 0.5) is 5.69 Å². The Morgan fingerprint density at radius 3 is 2.63 bits per heavy atom. The van der Waals surface area contributed by atoms with Gasteiger partial charge in [-0.05, 0) is 32.9 Å². The summed E-state index contributed by atoms with van der Waals surface area (Å²) < 4.78 is -0.630. The number of nitrogens with zero attached hydrogens (tertiary/aromatic N) is 2. The lowest BCUT2D eigenvalue weighted by molar-refractivity contribution is -0.117. The van der Waals surface area contributed by atoms with Gasteiger partial charge in [0.2, 0.25) is 5.91 Å². The molecule has 6 heteroatoms. The Labute approximate surface area is 120 Å². The van der Waals surface area contributed by atoms with Crippen LogP contribution in [-0.2, 0) is 4.79 Å². The molecule has 0 fully saturated rings. The minimum absolute atomic E-state index is 0.118. The number of para-hydroxylation sites is 1. The molecule has 0 aliphatic heterocycles. The second-order valence-corrected chi connectivity index (χ2v) is 6.70. The summed E-state index contributed by atoms with van der Waals surface area (Å²) >= 11 is 3.34. The number of nitrogens with one attached hydrogen (secondary N) is 2. The molecule has 0 aliphatic carbocycles. The fourth-order valence-corrected chi connectivity index (χ4v) is 1.62. The first-order valence-electron chi connectivity index (χ1n) is 5.86. The van der Waals surface area contributed by atoms with Gasteiger partial charge in [0.1, 0.15) is 5.82 Å². The van der Waals surface area contributed by atoms with Crippen molar-refractivity contribution in [2.24, 2.45) is 0 Å². The molecule has 1 aromatic heterocycles. The third-order valence-electron chi connectivity index (χ3n) is 2.55. The van der Waals surface area contributed by atoms with Crippen molar-refractivity contribution in [2.45, 2.75) is 25.1 Å². The van der Waals surface area contributed by atoms with Gasteiger partial charge < -0.3 is 5.32 Å². The summed E-state index contributed by atoms with van der Waals surface area (Å²) in [5.74, 6) is 1.19. The number of H-pyrrole nitrogens is 1. The predicted octanol–water partition coefficient (Wildman–Crippen LogP) is 2.89. The van der Waals surface area contributed by atoms with Gasteiger partial charge >= 0.3 is 0 Å². The van der Waals surface area contributed by atoms with Crippen molar-refractivity contribution in [3.63, 3.8) is 0 Å². The highest BCUT2D eigenvalue weighted by Crippen LogP contribution is 2.27. The van der Waals surface area contributed by atoms with Crippen LogP contribution >= 0.6 is 15.9 Å². The van der Waals surface area contributed by atoms with E-state index < -0.39 is 4.32 Å². The minimum Gasteiger partial charge on any atom is -0.324 e. The van der Waals surface area contributed by atoms with Crippen LogP contribution in [0.25, 0.3) is 11.4 Å². The van der Waals surface area contributed by atoms with Crippen LogP contribution in [0.1, 0.15) is 19.7 Å². The second kappa shape index (κ2) is 5.13. The number of carbonyl (C=O) groups is 1. The molecule has 0 spiro atoms. The molecule has 0 saturated heterocycles. The van der Waals surface area contributed by atoms with Crippen molar-refractivity contribution < 1.29 is 4.79 Å². The first-order chi connectivity index (χ1) is 8.88. The lowest BCUT2D eigenvalue weighted by atomic mass is 10.1. The number of carbonyl (C=O) groups excluding carboxylic acids is 1. The Morgan fingerprint density at radius 2 is 2.05 bits per heavy atom. The van der Waals surface area contributed by atoms with Gasteiger partial charge in [-0.3, -0.25) is 9.89 Å². The number of hydrogen-bond acceptors (Lipinski definition) is 3. The maximum Gasteiger partial charge on any atom is 0.240 e. The molecule has 0 saturated carbocycles. The van der Waals surface area contributed by atoms with Crippen LogP contribution in [-0.4, -0.2) is 25.4 Å². The summed E-state index contributed by atoms with van der Waals surface area (Å²) in [6.45, 7) is 5.42. The average molecular weight is 323 g/mol. The van der Waals surface area contributed by atoms with Gasteiger partial charge in [-0.1, -0.05) is 28.1 Å². The fraction of sp³-hybridized carbons (Fsp3) is 0.308. The lowest BCUT2D eigenvalue weighted by Crippen LogP contribution is -2.31. The summed E-state index contributed by atoms with van der Waals surface area (Å²) in [6.07, 6.45) is 0. The summed E-state index contributed by atoms with van der Waals surface area (Å²) in [7, 11) is 0. The van der Waals surface area contributed by atoms with Gasteiger partial charge in [-0.2, -0.15) is 5.10 Å². The molecule has 0 atom stereocenters. The largest absolute Gasteiger partial charge is 0.324 e. The SMILES string of the molecule is Cc1nc(-c2ccccc2NC(=O)C(C)(C)Br)n[nH]1. The zero-order valence-electron chi connectivity index (χ0n) is 11.0. The Bertz CT molecular complexity index is 601. The molecule has 0 unspecified atom stereocenters. The Morgan fingerprint density at radius 1 is 1.37 bits per heavy atom. The molecule has 2 N–H and O–H groups in total. The molecule has 0 aliphatic rings. The van der Waals surface area contributed by atoms with Crippen LogP contribution in [0.3, 0.4) is 0 Å². The number of alkyl halides is 1. The van der Waals surface area contributed by atoms with Crippen molar-refractivity contribution in [1.82, 2.24) is 15.2 Å². The average Bonchev–Trinajstić information content (AvgIpc) is 2.75. The van der Waals surface area contributed by atoms with Gasteiger partial charge in [0.25, 0.3) is 0 Å². The molecule has 0 bridgehead atoms. The molecule has 1 aromatic carbocycles. The summed E-state index contributed by atoms with van der Waals surface area (Å²) in [5.41, 5.74) is 1.48. The number of amides is 1. The van der Waals surface area contributed by atoms with E-state index in [1.54, 1.807) is 13.8 Å². The molecule has 0 radical (unpaired) electrons. The molecule has 100 valence electrons. The molecule has 19 heavy (non-hydrogen) atoms. The number of rotatable bonds is 3. The minimum atomic E-state index is -0.630. The van der Waals surface area contributed by atoms with E-state index in [0.717, 1.165) is 11.4 Å². The van der Waals surface area contributed by atoms with Gasteiger partial charge in [-0.15, -0.1) is 0 Å². The number of hydrogen-bond donors (Lipinski definition) is 2. The first kappa shape index (κ1) is 13.7. The highest BCUT2D eigenvalue weighted by molar-refractivity contribution is 9.10. The topological polar surface area (TPSA) is 70.7 Å². The van der Waals surface area contributed by atoms with E-state index in [2.05, 4.69) is 36.4 Å². The van der Waals surface area contributed by atoms with E-state index in [-0.39, 0.29) is 5.91 Å². The zero-order valence-corrected chi connectivity index (χ0v) is 12.6. The first-order valence-corrected chi connectivity index (χ1v) is 6.66. The molecule has 1 heterocycles. The van der Waals surface area contributed by atoms with Gasteiger partial charge in [-0.25, -0.2) is 4.98 Å². The summed E-state index contributed by atoms with van der Waals surface area (Å²) in [5, 5.41) is 9.79. The molecule has 2 aromatic rings. The monoisotopic (exact) mass is 322 g/mol. The summed E-state index contributed by atoms with van der Waals surface area (Å²) in [4.78, 5) is 16.3. The Hall–Kier alpha value is -1.69. The number of aromatic nitrogens is 3. The van der Waals surface area contributed by atoms with Crippen LogP contribution in [0.2, 0.25) is 0 Å². The van der Waals surface area contributed by atoms with Crippen molar-refractivity contribution >= 4 is 27.5 Å². The Kier molecular flexibility index (Phi) is 3.71. The van der Waals surface area contributed by atoms with E-state index in [1.165, 1.54) is 0 Å². The number of anilines is 1. The van der Waals surface area contributed by atoms with E-state index >= 15 is 0 Å². The fourth-order valence-electron chi connectivity index (χ4n) is 1.52. The highest BCUT2D eigenvalue weighted by Gasteiger charge is 2.24. The van der Waals surface area contributed by atoms with Gasteiger partial charge in [0.15, 0.2) is 5.82 Å². The van der Waals surface area contributed by atoms with Crippen molar-refractivity contribution in [2.75, 3.05) is 5.32 Å². The number of aromatic amines is 1. The molecule has 5 nitrogen and oxygen atoms in total. The second-order valence-electron chi connectivity index (χ2n) is 4.72. The maximum absolute atomic E-state index is 12.0. The smallest absolute Gasteiger partial charge is 0.240 e. The lowest BCUT2D eigenvalue weighted by Gasteiger charge is -2.17. The predicted molar refractivity (Wildman–Crippen MR) is 78.2 cm³/mol. The quantitative estimate of drug-likeness (QED) is 0.853. The van der Waals surface area contributed by atoms with Crippen LogP contribution in [0, 0.1) is 6.92 Å². The normalized spacial score (nSPS) is 11.4. The standard InChI is InChI=1S/C13H15BrN4O/c1-8-15-11(18-17-8)9-6-4-5-7-10(9)16-12(19)13(2,3)14/h4-7H,1-3H3,(H,16,19)(H,15,17,18). The maximum atomic E-state index is 12.0. The van der Waals surface area contributed by atoms with Crippen molar-refractivity contribution in [1.29, 1.82) is 0 Å². The van der Waals surface area contributed by atoms with E-state index in [4.69, 9.17) is 0 Å². The van der Waals surface area contributed by atoms with E-state index in [0.29, 0.717) is 11.5 Å². The zero-order chi connectivity index (χ0) is 14.0. The molecular formula is C13H15BrN4O. The van der Waals surface area contributed by atoms with Crippen LogP contribution < -0.4 is 5.32 Å². The highest BCUT2D eigenvalue weighted by atomic mass is 79.9. The third-order valence-corrected chi connectivity index (χ3v) is 2.91. The number of halogens is 1. The van der Waals surface area contributed by atoms with Crippen LogP contribution in [0.15, 0.2) is 24.3 Å². The summed E-state index contributed by atoms with van der Waals surface area (Å²) in [6, 6.07) is 7.45. The number of aryl methyl sites for hydroxylation is 1. The molecule has 1 amide bonds. The molecule has 2 rings (SSSR count). The Balaban J connectivity index is 2.35. The van der Waals surface area contributed by atoms with E-state index in [9.17, 15) is 4.79 Å². The van der Waals surface area contributed by atoms with Gasteiger partial charge in [0, 0.05) is 5.56 Å². The van der Waals surface area contributed by atoms with Crippen LogP contribution in [0.5, 0.6) is 0 Å². The van der Waals surface area contributed by atoms with Gasteiger partial charge in [0.05, 0.1) is 10.0 Å². The van der Waals surface area contributed by atoms with Crippen molar-refractivity contribution in [3.05, 3.63) is 30.1 Å². The third kappa shape index (κ3) is 3.20.